The van der Waals surface area contributed by atoms with Gasteiger partial charge in [-0.05, 0) is 38.8 Å². The number of hydrogen-bond acceptors (Lipinski definition) is 6. The predicted molar refractivity (Wildman–Crippen MR) is 86.4 cm³/mol. The minimum atomic E-state index is 0.203. The van der Waals surface area contributed by atoms with Gasteiger partial charge in [-0.1, -0.05) is 6.42 Å². The first-order valence-electron chi connectivity index (χ1n) is 7.47. The third-order valence-electron chi connectivity index (χ3n) is 4.41. The second kappa shape index (κ2) is 5.87. The molecule has 0 spiro atoms. The SMILES string of the molecule is Cc1sc2nc(CN3CCCCC3CO)nc(N)c2c1C. The Bertz CT molecular complexity index is 655. The molecule has 6 heteroatoms. The molecule has 0 bridgehead atoms. The zero-order valence-electron chi connectivity index (χ0n) is 12.6. The quantitative estimate of drug-likeness (QED) is 0.909. The fourth-order valence-corrected chi connectivity index (χ4v) is 4.11. The van der Waals surface area contributed by atoms with Gasteiger partial charge in [0.05, 0.1) is 18.5 Å². The number of rotatable bonds is 3. The number of piperidine rings is 1. The molecule has 1 aliphatic heterocycles. The van der Waals surface area contributed by atoms with Crippen LogP contribution in [-0.2, 0) is 6.54 Å². The molecule has 0 saturated carbocycles. The van der Waals surface area contributed by atoms with Crippen LogP contribution < -0.4 is 5.73 Å². The van der Waals surface area contributed by atoms with Crippen molar-refractivity contribution >= 4 is 27.4 Å². The lowest BCUT2D eigenvalue weighted by Crippen LogP contribution is -2.41. The molecule has 1 unspecified atom stereocenters. The topological polar surface area (TPSA) is 75.3 Å². The average Bonchev–Trinajstić information content (AvgIpc) is 2.75. The smallest absolute Gasteiger partial charge is 0.146 e. The number of anilines is 1. The van der Waals surface area contributed by atoms with E-state index >= 15 is 0 Å². The Balaban J connectivity index is 1.90. The molecule has 2 aromatic heterocycles. The second-order valence-electron chi connectivity index (χ2n) is 5.79. The number of thiophene rings is 1. The summed E-state index contributed by atoms with van der Waals surface area (Å²) in [6.45, 7) is 6.03. The number of aromatic nitrogens is 2. The van der Waals surface area contributed by atoms with E-state index in [2.05, 4.69) is 28.7 Å². The Morgan fingerprint density at radius 3 is 2.90 bits per heavy atom. The Hall–Kier alpha value is -1.24. The maximum absolute atomic E-state index is 9.50. The van der Waals surface area contributed by atoms with Crippen LogP contribution in [0.3, 0.4) is 0 Å². The maximum Gasteiger partial charge on any atom is 0.146 e. The van der Waals surface area contributed by atoms with Gasteiger partial charge in [-0.15, -0.1) is 11.3 Å². The van der Waals surface area contributed by atoms with E-state index in [1.54, 1.807) is 11.3 Å². The lowest BCUT2D eigenvalue weighted by Gasteiger charge is -2.33. The summed E-state index contributed by atoms with van der Waals surface area (Å²) in [6, 6.07) is 0.228. The van der Waals surface area contributed by atoms with Crippen LogP contribution in [0.2, 0.25) is 0 Å². The van der Waals surface area contributed by atoms with Crippen molar-refractivity contribution in [3.8, 4) is 0 Å². The summed E-state index contributed by atoms with van der Waals surface area (Å²) >= 11 is 1.68. The van der Waals surface area contributed by atoms with E-state index in [0.717, 1.165) is 29.0 Å². The van der Waals surface area contributed by atoms with Crippen LogP contribution in [0.1, 0.15) is 35.5 Å². The molecule has 3 N–H and O–H groups in total. The van der Waals surface area contributed by atoms with Gasteiger partial charge in [-0.3, -0.25) is 4.90 Å². The molecular weight excluding hydrogens is 284 g/mol. The Morgan fingerprint density at radius 2 is 2.14 bits per heavy atom. The third-order valence-corrected chi connectivity index (χ3v) is 5.51. The van der Waals surface area contributed by atoms with Crippen molar-refractivity contribution in [2.75, 3.05) is 18.9 Å². The van der Waals surface area contributed by atoms with Gasteiger partial charge in [0.2, 0.25) is 0 Å². The number of likely N-dealkylation sites (tertiary alicyclic amines) is 1. The summed E-state index contributed by atoms with van der Waals surface area (Å²) < 4.78 is 0. The summed E-state index contributed by atoms with van der Waals surface area (Å²) in [7, 11) is 0. The molecule has 1 fully saturated rings. The molecule has 1 atom stereocenters. The maximum atomic E-state index is 9.50. The molecule has 2 aromatic rings. The lowest BCUT2D eigenvalue weighted by atomic mass is 10.0. The largest absolute Gasteiger partial charge is 0.395 e. The van der Waals surface area contributed by atoms with E-state index in [-0.39, 0.29) is 12.6 Å². The van der Waals surface area contributed by atoms with Crippen LogP contribution in [0.5, 0.6) is 0 Å². The number of aliphatic hydroxyl groups excluding tert-OH is 1. The lowest BCUT2D eigenvalue weighted by molar-refractivity contribution is 0.0821. The highest BCUT2D eigenvalue weighted by Gasteiger charge is 2.23. The van der Waals surface area contributed by atoms with Crippen LogP contribution in [0.4, 0.5) is 5.82 Å². The van der Waals surface area contributed by atoms with Crippen molar-refractivity contribution in [3.05, 3.63) is 16.3 Å². The summed E-state index contributed by atoms with van der Waals surface area (Å²) in [5.74, 6) is 1.34. The van der Waals surface area contributed by atoms with Gasteiger partial charge in [0.1, 0.15) is 16.5 Å². The average molecular weight is 306 g/mol. The van der Waals surface area contributed by atoms with Gasteiger partial charge in [-0.2, -0.15) is 0 Å². The highest BCUT2D eigenvalue weighted by molar-refractivity contribution is 7.18. The van der Waals surface area contributed by atoms with Crippen LogP contribution in [0.25, 0.3) is 10.2 Å². The molecule has 0 aliphatic carbocycles. The number of nitrogens with two attached hydrogens (primary N) is 1. The molecule has 3 rings (SSSR count). The van der Waals surface area contributed by atoms with E-state index in [4.69, 9.17) is 5.73 Å². The van der Waals surface area contributed by atoms with Crippen molar-refractivity contribution < 1.29 is 5.11 Å². The molecule has 114 valence electrons. The van der Waals surface area contributed by atoms with Crippen LogP contribution in [0.15, 0.2) is 0 Å². The van der Waals surface area contributed by atoms with Crippen molar-refractivity contribution in [2.45, 2.75) is 45.7 Å². The van der Waals surface area contributed by atoms with Gasteiger partial charge < -0.3 is 10.8 Å². The first-order valence-corrected chi connectivity index (χ1v) is 8.28. The number of nitrogens with zero attached hydrogens (tertiary/aromatic N) is 3. The predicted octanol–water partition coefficient (Wildman–Crippen LogP) is 2.24. The minimum absolute atomic E-state index is 0.203. The number of aryl methyl sites for hydroxylation is 2. The normalized spacial score (nSPS) is 20.2. The van der Waals surface area contributed by atoms with E-state index in [1.807, 2.05) is 0 Å². The summed E-state index contributed by atoms with van der Waals surface area (Å²) in [4.78, 5) is 13.7. The van der Waals surface area contributed by atoms with E-state index in [9.17, 15) is 5.11 Å². The standard InChI is InChI=1S/C15H22N4OS/c1-9-10(2)21-15-13(9)14(16)17-12(18-15)7-19-6-4-3-5-11(19)8-20/h11,20H,3-8H2,1-2H3,(H2,16,17,18). The summed E-state index contributed by atoms with van der Waals surface area (Å²) in [6.07, 6.45) is 3.41. The van der Waals surface area contributed by atoms with Gasteiger partial charge >= 0.3 is 0 Å². The summed E-state index contributed by atoms with van der Waals surface area (Å²) in [5.41, 5.74) is 7.32. The van der Waals surface area contributed by atoms with E-state index in [1.165, 1.54) is 23.3 Å². The molecule has 0 amide bonds. The zero-order valence-corrected chi connectivity index (χ0v) is 13.4. The number of aliphatic hydroxyl groups is 1. The molecule has 3 heterocycles. The van der Waals surface area contributed by atoms with Crippen molar-refractivity contribution in [2.24, 2.45) is 0 Å². The number of hydrogen-bond donors (Lipinski definition) is 2. The first kappa shape index (κ1) is 14.7. The van der Waals surface area contributed by atoms with Gasteiger partial charge in [0, 0.05) is 10.9 Å². The van der Waals surface area contributed by atoms with Crippen LogP contribution >= 0.6 is 11.3 Å². The van der Waals surface area contributed by atoms with Crippen molar-refractivity contribution in [1.82, 2.24) is 14.9 Å². The molecule has 1 aliphatic rings. The zero-order chi connectivity index (χ0) is 15.0. The van der Waals surface area contributed by atoms with E-state index in [0.29, 0.717) is 12.4 Å². The van der Waals surface area contributed by atoms with Crippen LogP contribution in [-0.4, -0.2) is 39.2 Å². The monoisotopic (exact) mass is 306 g/mol. The first-order chi connectivity index (χ1) is 10.1. The fraction of sp³-hybridized carbons (Fsp3) is 0.600. The van der Waals surface area contributed by atoms with Gasteiger partial charge in [0.15, 0.2) is 0 Å². The number of fused-ring (bicyclic) bond motifs is 1. The number of nitrogen functional groups attached to an aromatic ring is 1. The van der Waals surface area contributed by atoms with Crippen molar-refractivity contribution in [3.63, 3.8) is 0 Å². The van der Waals surface area contributed by atoms with Gasteiger partial charge in [-0.25, -0.2) is 9.97 Å². The molecular formula is C15H22N4OS. The van der Waals surface area contributed by atoms with E-state index < -0.39 is 0 Å². The summed E-state index contributed by atoms with van der Waals surface area (Å²) in [5, 5.41) is 10.5. The minimum Gasteiger partial charge on any atom is -0.395 e. The second-order valence-corrected chi connectivity index (χ2v) is 6.99. The molecule has 0 radical (unpaired) electrons. The van der Waals surface area contributed by atoms with Crippen molar-refractivity contribution in [1.29, 1.82) is 0 Å². The molecule has 5 nitrogen and oxygen atoms in total. The Labute approximate surface area is 128 Å². The Kier molecular flexibility index (Phi) is 4.10. The Morgan fingerprint density at radius 1 is 1.33 bits per heavy atom. The third kappa shape index (κ3) is 2.75. The van der Waals surface area contributed by atoms with Gasteiger partial charge in [0.25, 0.3) is 0 Å². The van der Waals surface area contributed by atoms with Crippen LogP contribution in [0, 0.1) is 13.8 Å². The molecule has 21 heavy (non-hydrogen) atoms. The highest BCUT2D eigenvalue weighted by Crippen LogP contribution is 2.32. The molecule has 0 aromatic carbocycles. The highest BCUT2D eigenvalue weighted by atomic mass is 32.1. The molecule has 1 saturated heterocycles. The fourth-order valence-electron chi connectivity index (χ4n) is 3.05.